The highest BCUT2D eigenvalue weighted by molar-refractivity contribution is 7.90. The van der Waals surface area contributed by atoms with Crippen molar-refractivity contribution in [2.24, 2.45) is 0 Å². The molecule has 1 aliphatic heterocycles. The van der Waals surface area contributed by atoms with Gasteiger partial charge in [-0.05, 0) is 61.0 Å². The van der Waals surface area contributed by atoms with Gasteiger partial charge in [0, 0.05) is 23.1 Å². The van der Waals surface area contributed by atoms with Crippen LogP contribution in [0.5, 0.6) is 0 Å². The molecule has 3 aromatic carbocycles. The topological polar surface area (TPSA) is 113 Å². The number of amides is 3. The molecule has 0 atom stereocenters. The van der Waals surface area contributed by atoms with E-state index in [4.69, 9.17) is 0 Å². The van der Waals surface area contributed by atoms with Crippen LogP contribution in [0.1, 0.15) is 26.3 Å². The predicted octanol–water partition coefficient (Wildman–Crippen LogP) is 3.25. The molecule has 4 rings (SSSR count). The van der Waals surface area contributed by atoms with Crippen LogP contribution in [-0.2, 0) is 14.6 Å². The first-order valence-corrected chi connectivity index (χ1v) is 12.0. The van der Waals surface area contributed by atoms with Gasteiger partial charge in [0.1, 0.15) is 6.54 Å². The van der Waals surface area contributed by atoms with Crippen molar-refractivity contribution in [3.05, 3.63) is 83.4 Å². The quantitative estimate of drug-likeness (QED) is 0.617. The summed E-state index contributed by atoms with van der Waals surface area (Å²) in [6.07, 6.45) is 1.08. The first kappa shape index (κ1) is 22.2. The van der Waals surface area contributed by atoms with Crippen LogP contribution < -0.4 is 15.5 Å². The Balaban J connectivity index is 1.53. The van der Waals surface area contributed by atoms with Crippen LogP contribution in [0.15, 0.2) is 71.6 Å². The van der Waals surface area contributed by atoms with Crippen LogP contribution in [-0.4, -0.2) is 38.9 Å². The average molecular weight is 464 g/mol. The summed E-state index contributed by atoms with van der Waals surface area (Å²) in [5, 5.41) is 5.47. The van der Waals surface area contributed by atoms with Crippen molar-refractivity contribution in [3.8, 4) is 0 Å². The van der Waals surface area contributed by atoms with Gasteiger partial charge in [0.25, 0.3) is 11.8 Å². The second kappa shape index (κ2) is 8.51. The Morgan fingerprint density at radius 1 is 1.00 bits per heavy atom. The number of nitrogens with one attached hydrogen (secondary N) is 2. The third kappa shape index (κ3) is 4.63. The lowest BCUT2D eigenvalue weighted by Gasteiger charge is -2.29. The van der Waals surface area contributed by atoms with Gasteiger partial charge < -0.3 is 10.6 Å². The van der Waals surface area contributed by atoms with E-state index < -0.39 is 15.7 Å². The summed E-state index contributed by atoms with van der Waals surface area (Å²) in [7, 11) is -3.45. The van der Waals surface area contributed by atoms with E-state index in [1.54, 1.807) is 61.5 Å². The minimum Gasteiger partial charge on any atom is -0.323 e. The Morgan fingerprint density at radius 2 is 1.70 bits per heavy atom. The molecule has 8 nitrogen and oxygen atoms in total. The molecule has 0 aromatic heterocycles. The standard InChI is InChI=1S/C24H21N3O5S/c1-15-7-12-18(33(2,31)32)13-19(15)23(29)25-17-10-8-16(9-11-17)24(30)27-14-22(28)26-20-5-3-4-6-21(20)27/h3-13H,14H2,1-2H3,(H,25,29)(H,26,28). The van der Waals surface area contributed by atoms with Crippen molar-refractivity contribution in [2.45, 2.75) is 11.8 Å². The Morgan fingerprint density at radius 3 is 2.39 bits per heavy atom. The third-order valence-electron chi connectivity index (χ3n) is 5.29. The molecule has 1 heterocycles. The number of anilines is 3. The van der Waals surface area contributed by atoms with E-state index in [1.165, 1.54) is 17.0 Å². The summed E-state index contributed by atoms with van der Waals surface area (Å²) in [4.78, 5) is 39.2. The minimum atomic E-state index is -3.45. The Bertz CT molecular complexity index is 1380. The number of nitrogens with zero attached hydrogens (tertiary/aromatic N) is 1. The van der Waals surface area contributed by atoms with Gasteiger partial charge in [-0.2, -0.15) is 0 Å². The summed E-state index contributed by atoms with van der Waals surface area (Å²) >= 11 is 0. The molecule has 0 aliphatic carbocycles. The Hall–Kier alpha value is -3.98. The fourth-order valence-corrected chi connectivity index (χ4v) is 4.19. The maximum atomic E-state index is 13.0. The lowest BCUT2D eigenvalue weighted by Crippen LogP contribution is -2.42. The second-order valence-corrected chi connectivity index (χ2v) is 9.75. The van der Waals surface area contributed by atoms with E-state index in [0.29, 0.717) is 28.2 Å². The van der Waals surface area contributed by atoms with Gasteiger partial charge in [-0.3, -0.25) is 19.3 Å². The SMILES string of the molecule is Cc1ccc(S(C)(=O)=O)cc1C(=O)Nc1ccc(C(=O)N2CC(=O)Nc3ccccc32)cc1. The first-order valence-electron chi connectivity index (χ1n) is 10.1. The molecule has 0 radical (unpaired) electrons. The maximum absolute atomic E-state index is 13.0. The van der Waals surface area contributed by atoms with Gasteiger partial charge in [0.05, 0.1) is 16.3 Å². The molecular weight excluding hydrogens is 442 g/mol. The number of para-hydroxylation sites is 2. The second-order valence-electron chi connectivity index (χ2n) is 7.74. The number of carbonyl (C=O) groups is 3. The van der Waals surface area contributed by atoms with Gasteiger partial charge in [0.2, 0.25) is 5.91 Å². The van der Waals surface area contributed by atoms with E-state index in [9.17, 15) is 22.8 Å². The first-order chi connectivity index (χ1) is 15.6. The zero-order valence-electron chi connectivity index (χ0n) is 18.0. The highest BCUT2D eigenvalue weighted by Crippen LogP contribution is 2.30. The molecule has 0 saturated carbocycles. The van der Waals surface area contributed by atoms with Crippen LogP contribution in [0.2, 0.25) is 0 Å². The minimum absolute atomic E-state index is 0.0602. The van der Waals surface area contributed by atoms with Gasteiger partial charge >= 0.3 is 0 Å². The molecule has 2 N–H and O–H groups in total. The molecule has 0 unspecified atom stereocenters. The smallest absolute Gasteiger partial charge is 0.258 e. The van der Waals surface area contributed by atoms with Gasteiger partial charge in [-0.1, -0.05) is 18.2 Å². The summed E-state index contributed by atoms with van der Waals surface area (Å²) < 4.78 is 23.6. The van der Waals surface area contributed by atoms with Crippen molar-refractivity contribution in [1.29, 1.82) is 0 Å². The van der Waals surface area contributed by atoms with E-state index in [2.05, 4.69) is 10.6 Å². The fraction of sp³-hybridized carbons (Fsp3) is 0.125. The monoisotopic (exact) mass is 463 g/mol. The third-order valence-corrected chi connectivity index (χ3v) is 6.40. The number of carbonyl (C=O) groups excluding carboxylic acids is 3. The average Bonchev–Trinajstić information content (AvgIpc) is 2.78. The maximum Gasteiger partial charge on any atom is 0.258 e. The van der Waals surface area contributed by atoms with Crippen LogP contribution in [0.4, 0.5) is 17.1 Å². The fourth-order valence-electron chi connectivity index (χ4n) is 3.54. The van der Waals surface area contributed by atoms with Gasteiger partial charge in [-0.25, -0.2) is 8.42 Å². The molecule has 33 heavy (non-hydrogen) atoms. The highest BCUT2D eigenvalue weighted by Gasteiger charge is 2.27. The number of hydrogen-bond donors (Lipinski definition) is 2. The zero-order valence-corrected chi connectivity index (χ0v) is 18.8. The molecule has 168 valence electrons. The lowest BCUT2D eigenvalue weighted by atomic mass is 10.1. The van der Waals surface area contributed by atoms with Gasteiger partial charge in [0.15, 0.2) is 9.84 Å². The number of aryl methyl sites for hydroxylation is 1. The van der Waals surface area contributed by atoms with Crippen molar-refractivity contribution >= 4 is 44.6 Å². The summed E-state index contributed by atoms with van der Waals surface area (Å²) in [5.74, 6) is -1.08. The highest BCUT2D eigenvalue weighted by atomic mass is 32.2. The van der Waals surface area contributed by atoms with Crippen molar-refractivity contribution in [3.63, 3.8) is 0 Å². The zero-order chi connectivity index (χ0) is 23.8. The number of rotatable bonds is 4. The number of benzene rings is 3. The number of fused-ring (bicyclic) bond motifs is 1. The van der Waals surface area contributed by atoms with Crippen LogP contribution in [0.25, 0.3) is 0 Å². The van der Waals surface area contributed by atoms with E-state index >= 15 is 0 Å². The molecule has 0 spiro atoms. The normalized spacial score (nSPS) is 13.2. The van der Waals surface area contributed by atoms with Crippen LogP contribution in [0.3, 0.4) is 0 Å². The Kier molecular flexibility index (Phi) is 5.73. The summed E-state index contributed by atoms with van der Waals surface area (Å²) in [6.45, 7) is 1.62. The molecule has 0 saturated heterocycles. The molecule has 1 aliphatic rings. The molecule has 0 fully saturated rings. The molecule has 3 aromatic rings. The Labute approximate surface area is 191 Å². The summed E-state index contributed by atoms with van der Waals surface area (Å²) in [5.41, 5.74) is 2.85. The lowest BCUT2D eigenvalue weighted by molar-refractivity contribution is -0.115. The van der Waals surface area contributed by atoms with E-state index in [0.717, 1.165) is 6.26 Å². The molecule has 9 heteroatoms. The van der Waals surface area contributed by atoms with Gasteiger partial charge in [-0.15, -0.1) is 0 Å². The largest absolute Gasteiger partial charge is 0.323 e. The molecular formula is C24H21N3O5S. The van der Waals surface area contributed by atoms with E-state index in [-0.39, 0.29) is 28.8 Å². The molecule has 3 amide bonds. The van der Waals surface area contributed by atoms with Crippen LogP contribution >= 0.6 is 0 Å². The van der Waals surface area contributed by atoms with E-state index in [1.807, 2.05) is 0 Å². The van der Waals surface area contributed by atoms with Crippen molar-refractivity contribution in [1.82, 2.24) is 0 Å². The number of sulfone groups is 1. The predicted molar refractivity (Wildman–Crippen MR) is 125 cm³/mol. The molecule has 0 bridgehead atoms. The van der Waals surface area contributed by atoms with Crippen molar-refractivity contribution in [2.75, 3.05) is 28.3 Å². The van der Waals surface area contributed by atoms with Crippen LogP contribution in [0, 0.1) is 6.92 Å². The van der Waals surface area contributed by atoms with Crippen molar-refractivity contribution < 1.29 is 22.8 Å². The summed E-state index contributed by atoms with van der Waals surface area (Å²) in [6, 6.07) is 17.7. The number of hydrogen-bond acceptors (Lipinski definition) is 5.